The minimum absolute atomic E-state index is 0.255. The molecule has 1 heterocycles. The van der Waals surface area contributed by atoms with E-state index in [9.17, 15) is 0 Å². The van der Waals surface area contributed by atoms with Crippen LogP contribution in [0.5, 0.6) is 0 Å². The van der Waals surface area contributed by atoms with Gasteiger partial charge in [0.15, 0.2) is 0 Å². The number of hydrogen-bond acceptors (Lipinski definition) is 0. The van der Waals surface area contributed by atoms with E-state index in [1.807, 2.05) is 17.1 Å². The Balaban J connectivity index is 2.90. The molecule has 0 amide bonds. The molecule has 0 nitrogen and oxygen atoms in total. The Kier molecular flexibility index (Phi) is 2.53. The molecular weight excluding hydrogens is 245 g/mol. The van der Waals surface area contributed by atoms with E-state index in [0.29, 0.717) is 0 Å². The maximum atomic E-state index is 5.58. The van der Waals surface area contributed by atoms with Crippen molar-refractivity contribution in [3.63, 3.8) is 0 Å². The van der Waals surface area contributed by atoms with Crippen molar-refractivity contribution in [3.05, 3.63) is 21.5 Å². The van der Waals surface area contributed by atoms with E-state index in [1.165, 1.54) is 0 Å². The fourth-order valence-electron chi connectivity index (χ4n) is 0.440. The first-order chi connectivity index (χ1) is 4.11. The third-order valence-corrected chi connectivity index (χ3v) is 4.25. The molecule has 0 aromatic carbocycles. The normalized spacial score (nSPS) is 11.9. The second kappa shape index (κ2) is 2.86. The zero-order chi connectivity index (χ0) is 6.91. The number of hydrogen-bond donors (Lipinski definition) is 0. The van der Waals surface area contributed by atoms with Crippen LogP contribution in [0.1, 0.15) is 4.44 Å². The van der Waals surface area contributed by atoms with Crippen molar-refractivity contribution in [2.24, 2.45) is 0 Å². The van der Waals surface area contributed by atoms with E-state index >= 15 is 0 Å². The van der Waals surface area contributed by atoms with Crippen LogP contribution in [0.3, 0.4) is 0 Å². The van der Waals surface area contributed by atoms with Gasteiger partial charge in [0.05, 0.1) is 0 Å². The van der Waals surface area contributed by atoms with Gasteiger partial charge in [-0.05, 0) is 0 Å². The number of alkyl halides is 3. The minimum atomic E-state index is -1.18. The molecule has 0 aliphatic heterocycles. The molecule has 0 N–H and O–H groups in total. The Labute approximate surface area is 74.5 Å². The second-order valence-corrected chi connectivity index (χ2v) is 5.74. The average Bonchev–Trinajstić information content (AvgIpc) is 2.08. The van der Waals surface area contributed by atoms with Crippen LogP contribution in [0.15, 0.2) is 17.1 Å². The summed E-state index contributed by atoms with van der Waals surface area (Å²) in [5.41, 5.74) is 0. The molecule has 0 saturated carbocycles. The first-order valence-corrected chi connectivity index (χ1v) is 5.19. The van der Waals surface area contributed by atoms with Crippen LogP contribution in [0.25, 0.3) is 0 Å². The monoisotopic (exact) mass is 248 g/mol. The van der Waals surface area contributed by atoms with Crippen molar-refractivity contribution in [1.29, 1.82) is 0 Å². The predicted octanol–water partition coefficient (Wildman–Crippen LogP) is 2.57. The van der Waals surface area contributed by atoms with Crippen LogP contribution < -0.4 is 0 Å². The van der Waals surface area contributed by atoms with Crippen LogP contribution >= 0.6 is 34.8 Å². The van der Waals surface area contributed by atoms with Gasteiger partial charge in [-0.15, -0.1) is 0 Å². The van der Waals surface area contributed by atoms with Crippen LogP contribution in [-0.2, 0) is 3.79 Å². The van der Waals surface area contributed by atoms with Gasteiger partial charge in [-0.1, -0.05) is 0 Å². The molecule has 1 aromatic rings. The maximum absolute atomic E-state index is 5.58. The van der Waals surface area contributed by atoms with Crippen LogP contribution in [0.2, 0.25) is 0 Å². The van der Waals surface area contributed by atoms with Gasteiger partial charge in [0.25, 0.3) is 0 Å². The summed E-state index contributed by atoms with van der Waals surface area (Å²) in [6, 6.07) is 3.77. The second-order valence-electron chi connectivity index (χ2n) is 1.48. The van der Waals surface area contributed by atoms with Crippen LogP contribution in [0.4, 0.5) is 0 Å². The van der Waals surface area contributed by atoms with Gasteiger partial charge in [-0.2, -0.15) is 0 Å². The van der Waals surface area contributed by atoms with Crippen molar-refractivity contribution in [2.75, 3.05) is 0 Å². The van der Waals surface area contributed by atoms with Crippen molar-refractivity contribution in [3.8, 4) is 0 Å². The molecule has 0 aliphatic carbocycles. The van der Waals surface area contributed by atoms with Gasteiger partial charge >= 0.3 is 74.6 Å². The zero-order valence-electron chi connectivity index (χ0n) is 4.27. The Morgan fingerprint density at radius 3 is 2.22 bits per heavy atom. The van der Waals surface area contributed by atoms with E-state index in [4.69, 9.17) is 34.8 Å². The zero-order valence-corrected chi connectivity index (χ0v) is 8.26. The van der Waals surface area contributed by atoms with E-state index in [0.717, 1.165) is 4.44 Å². The molecule has 0 radical (unpaired) electrons. The number of halogens is 3. The fraction of sp³-hybridized carbons (Fsp3) is 0.200. The first-order valence-electron chi connectivity index (χ1n) is 2.21. The Bertz CT molecular complexity index is 175. The third-order valence-electron chi connectivity index (χ3n) is 0.801. The van der Waals surface area contributed by atoms with Crippen LogP contribution in [-0.4, -0.2) is 14.5 Å². The average molecular weight is 248 g/mol. The number of rotatable bonds is 0. The molecule has 0 saturated heterocycles. The summed E-state index contributed by atoms with van der Waals surface area (Å²) in [4.78, 5) is 2.02. The summed E-state index contributed by atoms with van der Waals surface area (Å²) < 4.78 is -0.274. The fourth-order valence-corrected chi connectivity index (χ4v) is 2.57. The van der Waals surface area contributed by atoms with Crippen molar-refractivity contribution < 1.29 is 0 Å². The summed E-state index contributed by atoms with van der Waals surface area (Å²) in [5.74, 6) is 0. The Morgan fingerprint density at radius 2 is 2.00 bits per heavy atom. The van der Waals surface area contributed by atoms with E-state index < -0.39 is 3.79 Å². The van der Waals surface area contributed by atoms with Gasteiger partial charge in [-0.3, -0.25) is 0 Å². The summed E-state index contributed by atoms with van der Waals surface area (Å²) in [5, 5.41) is 0. The van der Waals surface area contributed by atoms with E-state index in [1.54, 1.807) is 0 Å². The molecule has 0 bridgehead atoms. The standard InChI is InChI=1S/C5H3Cl3Se/c6-5(7,8)4-2-1-3-9-4/h1-3H. The van der Waals surface area contributed by atoms with Crippen molar-refractivity contribution >= 4 is 49.3 Å². The van der Waals surface area contributed by atoms with Gasteiger partial charge in [-0.25, -0.2) is 0 Å². The SMILES string of the molecule is ClC(Cl)(Cl)c1ccc[se]1. The van der Waals surface area contributed by atoms with Gasteiger partial charge in [0.2, 0.25) is 0 Å². The van der Waals surface area contributed by atoms with Crippen LogP contribution in [0, 0.1) is 0 Å². The van der Waals surface area contributed by atoms with E-state index in [-0.39, 0.29) is 14.5 Å². The predicted molar refractivity (Wildman–Crippen MR) is 42.6 cm³/mol. The molecule has 0 fully saturated rings. The van der Waals surface area contributed by atoms with E-state index in [2.05, 4.69) is 0 Å². The molecule has 9 heavy (non-hydrogen) atoms. The topological polar surface area (TPSA) is 0 Å². The molecule has 0 aliphatic rings. The van der Waals surface area contributed by atoms with Gasteiger partial charge < -0.3 is 0 Å². The summed E-state index contributed by atoms with van der Waals surface area (Å²) in [6.07, 6.45) is 0. The Hall–Kier alpha value is 0.869. The van der Waals surface area contributed by atoms with Crippen molar-refractivity contribution in [1.82, 2.24) is 0 Å². The third kappa shape index (κ3) is 2.18. The summed E-state index contributed by atoms with van der Waals surface area (Å²) in [6.45, 7) is 0. The quantitative estimate of drug-likeness (QED) is 0.489. The molecular formula is C5H3Cl3Se. The van der Waals surface area contributed by atoms with Gasteiger partial charge in [0, 0.05) is 0 Å². The molecule has 1 rings (SSSR count). The summed E-state index contributed by atoms with van der Waals surface area (Å²) >= 11 is 17.0. The van der Waals surface area contributed by atoms with Crippen molar-refractivity contribution in [2.45, 2.75) is 3.79 Å². The molecule has 0 spiro atoms. The Morgan fingerprint density at radius 1 is 1.33 bits per heavy atom. The molecule has 0 atom stereocenters. The van der Waals surface area contributed by atoms with Gasteiger partial charge in [0.1, 0.15) is 0 Å². The molecule has 50 valence electrons. The molecule has 0 unspecified atom stereocenters. The first kappa shape index (κ1) is 7.97. The molecule has 4 heteroatoms. The molecule has 1 aromatic heterocycles. The summed E-state index contributed by atoms with van der Waals surface area (Å²) in [7, 11) is 0.